The van der Waals surface area contributed by atoms with Crippen LogP contribution in [-0.4, -0.2) is 12.5 Å². The molecule has 0 saturated heterocycles. The summed E-state index contributed by atoms with van der Waals surface area (Å²) in [6, 6.07) is 14.9. The molecule has 0 aliphatic carbocycles. The fraction of sp³-hybridized carbons (Fsp3) is 0.590. The summed E-state index contributed by atoms with van der Waals surface area (Å²) in [6.45, 7) is 15.2. The van der Waals surface area contributed by atoms with Gasteiger partial charge in [-0.2, -0.15) is 4.57 Å². The maximum atomic E-state index is 13.1. The van der Waals surface area contributed by atoms with Gasteiger partial charge in [0.25, 0.3) is 0 Å². The molecule has 5 heteroatoms. The second-order valence-corrected chi connectivity index (χ2v) is 14.5. The molecule has 1 aromatic heterocycles. The molecule has 0 radical (unpaired) electrons. The maximum Gasteiger partial charge on any atom is 0.227 e. The Balaban J connectivity index is 1.52. The lowest BCUT2D eigenvalue weighted by atomic mass is 9.85. The van der Waals surface area contributed by atoms with Crippen LogP contribution >= 0.6 is 11.3 Å². The molecule has 0 saturated carbocycles. The number of amides is 1. The molecular weight excluding hydrogens is 561 g/mol. The first-order valence-corrected chi connectivity index (χ1v) is 18.2. The summed E-state index contributed by atoms with van der Waals surface area (Å²) in [7, 11) is 0. The number of aromatic nitrogens is 1. The SMILES string of the molecule is CCCCCCCCCCCCCCOc1ccc(CN(C(=O)CC)c2ccc(C[n+]3csc(C)c3)cc2)cc1C(C)(C)C. The highest BCUT2D eigenvalue weighted by Crippen LogP contribution is 2.33. The van der Waals surface area contributed by atoms with Crippen molar-refractivity contribution in [3.63, 3.8) is 0 Å². The molecule has 0 bridgehead atoms. The number of anilines is 1. The lowest BCUT2D eigenvalue weighted by Gasteiger charge is -2.26. The first-order chi connectivity index (χ1) is 21.2. The van der Waals surface area contributed by atoms with Crippen molar-refractivity contribution in [2.75, 3.05) is 11.5 Å². The molecule has 0 unspecified atom stereocenters. The highest BCUT2D eigenvalue weighted by atomic mass is 32.1. The van der Waals surface area contributed by atoms with Crippen LogP contribution in [0.25, 0.3) is 0 Å². The topological polar surface area (TPSA) is 33.4 Å². The van der Waals surface area contributed by atoms with E-state index in [1.165, 1.54) is 86.6 Å². The van der Waals surface area contributed by atoms with E-state index in [4.69, 9.17) is 4.74 Å². The third kappa shape index (κ3) is 12.4. The first-order valence-electron chi connectivity index (χ1n) is 17.3. The van der Waals surface area contributed by atoms with Gasteiger partial charge in [0, 0.05) is 17.7 Å². The summed E-state index contributed by atoms with van der Waals surface area (Å²) >= 11 is 1.76. The van der Waals surface area contributed by atoms with E-state index in [-0.39, 0.29) is 11.3 Å². The Morgan fingerprint density at radius 1 is 0.818 bits per heavy atom. The van der Waals surface area contributed by atoms with Crippen molar-refractivity contribution in [3.8, 4) is 5.75 Å². The summed E-state index contributed by atoms with van der Waals surface area (Å²) in [5.41, 5.74) is 6.59. The van der Waals surface area contributed by atoms with Crippen LogP contribution in [0.3, 0.4) is 0 Å². The van der Waals surface area contributed by atoms with Gasteiger partial charge in [0.1, 0.15) is 5.75 Å². The van der Waals surface area contributed by atoms with Crippen molar-refractivity contribution in [1.29, 1.82) is 0 Å². The zero-order chi connectivity index (χ0) is 31.8. The minimum Gasteiger partial charge on any atom is -0.493 e. The van der Waals surface area contributed by atoms with Crippen molar-refractivity contribution in [3.05, 3.63) is 75.7 Å². The predicted octanol–water partition coefficient (Wildman–Crippen LogP) is 10.7. The van der Waals surface area contributed by atoms with Gasteiger partial charge in [0.15, 0.2) is 12.7 Å². The van der Waals surface area contributed by atoms with E-state index in [1.807, 2.05) is 11.8 Å². The van der Waals surface area contributed by atoms with Crippen LogP contribution in [0, 0.1) is 6.92 Å². The molecule has 1 amide bonds. The molecule has 0 fully saturated rings. The van der Waals surface area contributed by atoms with Gasteiger partial charge >= 0.3 is 0 Å². The van der Waals surface area contributed by atoms with Crippen LogP contribution in [0.4, 0.5) is 5.69 Å². The number of nitrogens with zero attached hydrogens (tertiary/aromatic N) is 2. The molecular formula is C39H59N2O2S+. The Hall–Kier alpha value is -2.66. The van der Waals surface area contributed by atoms with Crippen LogP contribution in [0.5, 0.6) is 5.75 Å². The minimum atomic E-state index is -0.0548. The van der Waals surface area contributed by atoms with E-state index in [9.17, 15) is 4.79 Å². The molecule has 0 N–H and O–H groups in total. The van der Waals surface area contributed by atoms with E-state index in [0.717, 1.165) is 36.6 Å². The number of ether oxygens (including phenoxy) is 1. The lowest BCUT2D eigenvalue weighted by Crippen LogP contribution is -2.31. The molecule has 3 rings (SSSR count). The smallest absolute Gasteiger partial charge is 0.227 e. The fourth-order valence-electron chi connectivity index (χ4n) is 5.73. The Labute approximate surface area is 272 Å². The minimum absolute atomic E-state index is 0.0548. The van der Waals surface area contributed by atoms with Crippen LogP contribution in [-0.2, 0) is 23.3 Å². The van der Waals surface area contributed by atoms with E-state index in [1.54, 1.807) is 11.3 Å². The molecule has 0 atom stereocenters. The molecule has 0 aliphatic heterocycles. The molecule has 2 aromatic carbocycles. The average Bonchev–Trinajstić information content (AvgIpc) is 3.42. The second-order valence-electron chi connectivity index (χ2n) is 13.5. The first kappa shape index (κ1) is 35.8. The predicted molar refractivity (Wildman–Crippen MR) is 188 cm³/mol. The van der Waals surface area contributed by atoms with E-state index >= 15 is 0 Å². The summed E-state index contributed by atoms with van der Waals surface area (Å²) in [6.07, 6.45) is 18.8. The van der Waals surface area contributed by atoms with Gasteiger partial charge in [-0.05, 0) is 54.2 Å². The molecule has 0 spiro atoms. The van der Waals surface area contributed by atoms with Gasteiger partial charge in [-0.1, -0.05) is 135 Å². The van der Waals surface area contributed by atoms with Gasteiger partial charge < -0.3 is 9.64 Å². The number of carbonyl (C=O) groups is 1. The van der Waals surface area contributed by atoms with Crippen molar-refractivity contribution < 1.29 is 14.1 Å². The summed E-state index contributed by atoms with van der Waals surface area (Å²) < 4.78 is 8.56. The van der Waals surface area contributed by atoms with Crippen LogP contribution in [0.1, 0.15) is 140 Å². The number of thiazole rings is 1. The summed E-state index contributed by atoms with van der Waals surface area (Å²) in [5, 5.41) is 0. The number of rotatable bonds is 20. The van der Waals surface area contributed by atoms with Crippen LogP contribution in [0.2, 0.25) is 0 Å². The third-order valence-electron chi connectivity index (χ3n) is 8.39. The largest absolute Gasteiger partial charge is 0.493 e. The number of aryl methyl sites for hydroxylation is 1. The standard InChI is InChI=1S/C39H59N2O2S/c1-7-9-10-11-12-13-14-15-16-17-18-19-26-43-37-25-22-34(27-36(37)39(4,5)6)30-41(38(42)8-2)35-23-20-33(21-24-35)29-40-28-32(3)44-31-40/h20-25,27-28,31H,7-19,26,29-30H2,1-6H3/q+1. The molecule has 0 aliphatic rings. The average molecular weight is 620 g/mol. The summed E-state index contributed by atoms with van der Waals surface area (Å²) in [5.74, 6) is 1.11. The maximum absolute atomic E-state index is 13.1. The van der Waals surface area contributed by atoms with Crippen LogP contribution in [0.15, 0.2) is 54.2 Å². The van der Waals surface area contributed by atoms with E-state index < -0.39 is 0 Å². The van der Waals surface area contributed by atoms with E-state index in [2.05, 4.69) is 93.4 Å². The van der Waals surface area contributed by atoms with Gasteiger partial charge in [0.2, 0.25) is 11.4 Å². The van der Waals surface area contributed by atoms with Crippen LogP contribution < -0.4 is 14.2 Å². The normalized spacial score (nSPS) is 11.6. The highest BCUT2D eigenvalue weighted by Gasteiger charge is 2.22. The third-order valence-corrected chi connectivity index (χ3v) is 9.24. The monoisotopic (exact) mass is 619 g/mol. The number of unbranched alkanes of at least 4 members (excludes halogenated alkanes) is 11. The van der Waals surface area contributed by atoms with E-state index in [0.29, 0.717) is 13.0 Å². The van der Waals surface area contributed by atoms with Gasteiger partial charge in [-0.15, -0.1) is 0 Å². The second kappa shape index (κ2) is 19.0. The number of benzene rings is 2. The quantitative estimate of drug-likeness (QED) is 0.0931. The van der Waals surface area contributed by atoms with Gasteiger partial charge in [-0.3, -0.25) is 4.79 Å². The Morgan fingerprint density at radius 3 is 1.95 bits per heavy atom. The van der Waals surface area contributed by atoms with Gasteiger partial charge in [-0.25, -0.2) is 0 Å². The number of hydrogen-bond acceptors (Lipinski definition) is 3. The molecule has 4 nitrogen and oxygen atoms in total. The molecule has 3 aromatic rings. The Bertz CT molecular complexity index is 1240. The molecule has 1 heterocycles. The molecule has 242 valence electrons. The number of hydrogen-bond donors (Lipinski definition) is 0. The van der Waals surface area contributed by atoms with Crippen molar-refractivity contribution in [2.45, 2.75) is 144 Å². The number of carbonyl (C=O) groups excluding carboxylic acids is 1. The summed E-state index contributed by atoms with van der Waals surface area (Å²) in [4.78, 5) is 16.3. The van der Waals surface area contributed by atoms with Crippen molar-refractivity contribution in [1.82, 2.24) is 0 Å². The van der Waals surface area contributed by atoms with Gasteiger partial charge in [0.05, 0.1) is 18.0 Å². The Morgan fingerprint density at radius 2 is 1.41 bits per heavy atom. The molecule has 44 heavy (non-hydrogen) atoms. The lowest BCUT2D eigenvalue weighted by molar-refractivity contribution is -0.683. The highest BCUT2D eigenvalue weighted by molar-refractivity contribution is 7.09. The van der Waals surface area contributed by atoms with Crippen molar-refractivity contribution >= 4 is 22.9 Å². The van der Waals surface area contributed by atoms with Crippen molar-refractivity contribution in [2.24, 2.45) is 0 Å². The fourth-order valence-corrected chi connectivity index (χ4v) is 6.36. The zero-order valence-electron chi connectivity index (χ0n) is 28.6. The Kier molecular flexibility index (Phi) is 15.5. The zero-order valence-corrected chi connectivity index (χ0v) is 29.4.